The van der Waals surface area contributed by atoms with Gasteiger partial charge in [0.05, 0.1) is 5.56 Å². The highest BCUT2D eigenvalue weighted by molar-refractivity contribution is 5.91. The molecule has 0 aliphatic carbocycles. The number of aryl methyl sites for hydroxylation is 1. The van der Waals surface area contributed by atoms with Gasteiger partial charge in [0.1, 0.15) is 11.6 Å². The van der Waals surface area contributed by atoms with Gasteiger partial charge in [-0.3, -0.25) is 0 Å². The highest BCUT2D eigenvalue weighted by Gasteiger charge is 2.09. The van der Waals surface area contributed by atoms with Crippen molar-refractivity contribution in [3.63, 3.8) is 0 Å². The predicted octanol–water partition coefficient (Wildman–Crippen LogP) is 3.27. The van der Waals surface area contributed by atoms with Gasteiger partial charge in [-0.15, -0.1) is 6.42 Å². The number of fused-ring (bicyclic) bond motifs is 1. The molecule has 0 aliphatic heterocycles. The van der Waals surface area contributed by atoms with Gasteiger partial charge in [-0.05, 0) is 24.4 Å². The van der Waals surface area contributed by atoms with Crippen LogP contribution in [0.5, 0.6) is 0 Å². The van der Waals surface area contributed by atoms with E-state index in [9.17, 15) is 4.39 Å². The number of hydrogen-bond acceptors (Lipinski definition) is 2. The minimum absolute atomic E-state index is 0.248. The molecular formula is C14H15FN2. The van der Waals surface area contributed by atoms with E-state index in [0.29, 0.717) is 16.9 Å². The maximum absolute atomic E-state index is 13.4. The molecule has 3 heteroatoms. The van der Waals surface area contributed by atoms with Crippen LogP contribution in [-0.2, 0) is 0 Å². The van der Waals surface area contributed by atoms with E-state index in [1.165, 1.54) is 6.07 Å². The lowest BCUT2D eigenvalue weighted by Crippen LogP contribution is -1.96. The normalized spacial score (nSPS) is 9.35. The maximum Gasteiger partial charge on any atom is 0.139 e. The number of aromatic nitrogens is 1. The molecule has 0 bridgehead atoms. The highest BCUT2D eigenvalue weighted by Crippen LogP contribution is 2.24. The van der Waals surface area contributed by atoms with Crippen molar-refractivity contribution < 1.29 is 4.39 Å². The number of hydrogen-bond donors (Lipinski definition) is 1. The van der Waals surface area contributed by atoms with Crippen LogP contribution in [0.15, 0.2) is 18.2 Å². The van der Waals surface area contributed by atoms with Crippen molar-refractivity contribution in [2.45, 2.75) is 20.8 Å². The third-order valence-corrected chi connectivity index (χ3v) is 2.29. The minimum atomic E-state index is -0.403. The van der Waals surface area contributed by atoms with Crippen LogP contribution in [0.1, 0.15) is 25.1 Å². The molecule has 2 aromatic rings. The smallest absolute Gasteiger partial charge is 0.139 e. The van der Waals surface area contributed by atoms with Gasteiger partial charge < -0.3 is 5.73 Å². The van der Waals surface area contributed by atoms with Crippen LogP contribution in [0.4, 0.5) is 10.2 Å². The Morgan fingerprint density at radius 2 is 2.00 bits per heavy atom. The van der Waals surface area contributed by atoms with Gasteiger partial charge >= 0.3 is 0 Å². The van der Waals surface area contributed by atoms with Crippen LogP contribution >= 0.6 is 0 Å². The summed E-state index contributed by atoms with van der Waals surface area (Å²) in [5, 5.41) is 1.47. The molecule has 2 N–H and O–H groups in total. The van der Waals surface area contributed by atoms with E-state index in [1.807, 2.05) is 13.8 Å². The van der Waals surface area contributed by atoms with Crippen molar-refractivity contribution >= 4 is 16.6 Å². The summed E-state index contributed by atoms with van der Waals surface area (Å²) in [5.41, 5.74) is 6.50. The number of nitrogens with zero attached hydrogens (tertiary/aromatic N) is 1. The molecule has 0 saturated heterocycles. The van der Waals surface area contributed by atoms with Crippen molar-refractivity contribution in [3.05, 3.63) is 35.3 Å². The molecule has 0 atom stereocenters. The van der Waals surface area contributed by atoms with E-state index in [2.05, 4.69) is 10.9 Å². The largest absolute Gasteiger partial charge is 0.384 e. The van der Waals surface area contributed by atoms with Gasteiger partial charge in [-0.25, -0.2) is 9.37 Å². The second-order valence-corrected chi connectivity index (χ2v) is 3.30. The lowest BCUT2D eigenvalue weighted by atomic mass is 10.0. The Morgan fingerprint density at radius 1 is 1.35 bits per heavy atom. The first-order chi connectivity index (χ1) is 8.13. The van der Waals surface area contributed by atoms with Gasteiger partial charge in [-0.2, -0.15) is 0 Å². The Hall–Kier alpha value is -2.08. The second-order valence-electron chi connectivity index (χ2n) is 3.30. The molecule has 2 nitrogen and oxygen atoms in total. The van der Waals surface area contributed by atoms with E-state index in [0.717, 1.165) is 5.39 Å². The molecule has 0 fully saturated rings. The predicted molar refractivity (Wildman–Crippen MR) is 70.1 cm³/mol. The molecule has 0 radical (unpaired) electrons. The Balaban J connectivity index is 0.000000686. The summed E-state index contributed by atoms with van der Waals surface area (Å²) >= 11 is 0. The van der Waals surface area contributed by atoms with E-state index >= 15 is 0 Å². The van der Waals surface area contributed by atoms with Crippen LogP contribution in [0.25, 0.3) is 10.8 Å². The molecule has 17 heavy (non-hydrogen) atoms. The molecule has 0 saturated carbocycles. The van der Waals surface area contributed by atoms with E-state index in [-0.39, 0.29) is 5.56 Å². The number of anilines is 1. The summed E-state index contributed by atoms with van der Waals surface area (Å²) in [6.07, 6.45) is 5.27. The summed E-state index contributed by atoms with van der Waals surface area (Å²) in [6.45, 7) is 5.76. The number of halogens is 1. The maximum atomic E-state index is 13.4. The number of terminal acetylenes is 1. The third kappa shape index (κ3) is 2.36. The minimum Gasteiger partial charge on any atom is -0.384 e. The van der Waals surface area contributed by atoms with Crippen molar-refractivity contribution in [3.8, 4) is 12.3 Å². The summed E-state index contributed by atoms with van der Waals surface area (Å²) in [5.74, 6) is 2.35. The number of nitrogens with two attached hydrogens (primary N) is 1. The quantitative estimate of drug-likeness (QED) is 0.705. The fourth-order valence-electron chi connectivity index (χ4n) is 1.69. The zero-order chi connectivity index (χ0) is 13.0. The Morgan fingerprint density at radius 3 is 2.59 bits per heavy atom. The van der Waals surface area contributed by atoms with Crippen LogP contribution in [0.3, 0.4) is 0 Å². The van der Waals surface area contributed by atoms with Gasteiger partial charge in [-0.1, -0.05) is 25.8 Å². The highest BCUT2D eigenvalue weighted by atomic mass is 19.1. The summed E-state index contributed by atoms with van der Waals surface area (Å²) < 4.78 is 13.4. The zero-order valence-electron chi connectivity index (χ0n) is 10.2. The first kappa shape index (κ1) is 13.0. The van der Waals surface area contributed by atoms with Gasteiger partial charge in [0.25, 0.3) is 0 Å². The standard InChI is InChI=1S/C12H9FN2.C2H6/c1-3-9-10(13)5-4-8-6-11(14)15-7(2)12(8)9;1-2/h1,4-6H,2H3,(H2,14,15);1-2H3. The molecule has 88 valence electrons. The summed E-state index contributed by atoms with van der Waals surface area (Å²) in [6, 6.07) is 4.68. The molecule has 2 rings (SSSR count). The summed E-state index contributed by atoms with van der Waals surface area (Å²) in [4.78, 5) is 4.07. The van der Waals surface area contributed by atoms with E-state index in [1.54, 1.807) is 19.1 Å². The van der Waals surface area contributed by atoms with Gasteiger partial charge in [0.2, 0.25) is 0 Å². The number of rotatable bonds is 0. The Bertz CT molecular complexity index is 583. The van der Waals surface area contributed by atoms with Crippen molar-refractivity contribution in [2.24, 2.45) is 0 Å². The van der Waals surface area contributed by atoms with Gasteiger partial charge in [0, 0.05) is 11.1 Å². The second kappa shape index (κ2) is 5.31. The molecular weight excluding hydrogens is 215 g/mol. The van der Waals surface area contributed by atoms with Crippen molar-refractivity contribution in [1.29, 1.82) is 0 Å². The average molecular weight is 230 g/mol. The lowest BCUT2D eigenvalue weighted by Gasteiger charge is -2.06. The van der Waals surface area contributed by atoms with Gasteiger partial charge in [0.15, 0.2) is 0 Å². The SMILES string of the molecule is C#Cc1c(F)ccc2cc(N)nc(C)c12.CC. The van der Waals surface area contributed by atoms with Crippen molar-refractivity contribution in [2.75, 3.05) is 5.73 Å². The van der Waals surface area contributed by atoms with E-state index < -0.39 is 5.82 Å². The zero-order valence-corrected chi connectivity index (χ0v) is 10.2. The molecule has 0 aliphatic rings. The van der Waals surface area contributed by atoms with Crippen LogP contribution in [-0.4, -0.2) is 4.98 Å². The number of pyridine rings is 1. The van der Waals surface area contributed by atoms with Crippen LogP contribution < -0.4 is 5.73 Å². The topological polar surface area (TPSA) is 38.9 Å². The molecule has 1 heterocycles. The third-order valence-electron chi connectivity index (χ3n) is 2.29. The molecule has 0 unspecified atom stereocenters. The molecule has 0 spiro atoms. The average Bonchev–Trinajstić information content (AvgIpc) is 2.32. The number of benzene rings is 1. The monoisotopic (exact) mass is 230 g/mol. The number of nitrogen functional groups attached to an aromatic ring is 1. The molecule has 1 aromatic carbocycles. The molecule has 0 amide bonds. The van der Waals surface area contributed by atoms with Crippen LogP contribution in [0, 0.1) is 25.1 Å². The first-order valence-electron chi connectivity index (χ1n) is 5.45. The first-order valence-corrected chi connectivity index (χ1v) is 5.45. The van der Waals surface area contributed by atoms with E-state index in [4.69, 9.17) is 12.2 Å². The van der Waals surface area contributed by atoms with Crippen LogP contribution in [0.2, 0.25) is 0 Å². The summed E-state index contributed by atoms with van der Waals surface area (Å²) in [7, 11) is 0. The Labute approximate surface area is 101 Å². The fraction of sp³-hybridized carbons (Fsp3) is 0.214. The Kier molecular flexibility index (Phi) is 4.06. The lowest BCUT2D eigenvalue weighted by molar-refractivity contribution is 0.626. The fourth-order valence-corrected chi connectivity index (χ4v) is 1.69. The van der Waals surface area contributed by atoms with Crippen molar-refractivity contribution in [1.82, 2.24) is 4.98 Å². The molecule has 1 aromatic heterocycles.